The van der Waals surface area contributed by atoms with E-state index in [1.165, 1.54) is 52.7 Å². The Morgan fingerprint density at radius 1 is 0.935 bits per heavy atom. The van der Waals surface area contributed by atoms with E-state index in [2.05, 4.69) is 4.72 Å². The van der Waals surface area contributed by atoms with Crippen molar-refractivity contribution in [2.45, 2.75) is 0 Å². The Kier molecular flexibility index (Phi) is 8.11. The van der Waals surface area contributed by atoms with Gasteiger partial charge in [0.1, 0.15) is 23.9 Å². The lowest BCUT2D eigenvalue weighted by molar-refractivity contribution is -0.137. The van der Waals surface area contributed by atoms with Gasteiger partial charge in [-0.2, -0.15) is 0 Å². The highest BCUT2D eigenvalue weighted by atomic mass is 32.2. The van der Waals surface area contributed by atoms with Crippen molar-refractivity contribution in [3.63, 3.8) is 0 Å². The zero-order chi connectivity index (χ0) is 23.0. The number of esters is 1. The lowest BCUT2D eigenvalue weighted by atomic mass is 10.1. The molecule has 0 saturated carbocycles. The first-order chi connectivity index (χ1) is 14.8. The number of ether oxygens (including phenoxy) is 5. The molecule has 168 valence electrons. The van der Waals surface area contributed by atoms with Gasteiger partial charge in [0.25, 0.3) is 10.0 Å². The summed E-state index contributed by atoms with van der Waals surface area (Å²) in [6.07, 6.45) is 1.32. The summed E-state index contributed by atoms with van der Waals surface area (Å²) in [5.41, 5.74) is 0.503. The van der Waals surface area contributed by atoms with Crippen LogP contribution in [0.3, 0.4) is 0 Å². The lowest BCUT2D eigenvalue weighted by Crippen LogP contribution is -2.13. The maximum Gasteiger partial charge on any atom is 0.337 e. The number of aliphatic hydroxyl groups excluding tert-OH is 1. The van der Waals surface area contributed by atoms with Gasteiger partial charge in [0, 0.05) is 18.2 Å². The molecule has 2 N–H and O–H groups in total. The summed E-state index contributed by atoms with van der Waals surface area (Å²) in [5, 5.41) is 9.78. The number of carbonyl (C=O) groups excluding carboxylic acids is 1. The molecule has 2 aromatic carbocycles. The molecule has 2 aromatic rings. The van der Waals surface area contributed by atoms with Crippen LogP contribution in [-0.2, 0) is 14.8 Å². The average molecular weight is 453 g/mol. The number of nitrogens with one attached hydrogen (secondary N) is 1. The van der Waals surface area contributed by atoms with E-state index in [1.54, 1.807) is 12.1 Å². The van der Waals surface area contributed by atoms with E-state index in [0.29, 0.717) is 22.8 Å². The lowest BCUT2D eigenvalue weighted by Gasteiger charge is -2.13. The van der Waals surface area contributed by atoms with Gasteiger partial charge in [-0.25, -0.2) is 13.2 Å². The van der Waals surface area contributed by atoms with Crippen molar-refractivity contribution >= 4 is 27.8 Å². The Hall–Kier alpha value is -3.44. The number of anilines is 1. The summed E-state index contributed by atoms with van der Waals surface area (Å²) in [5.74, 6) is 0.403. The van der Waals surface area contributed by atoms with E-state index in [-0.39, 0.29) is 17.2 Å². The Morgan fingerprint density at radius 2 is 1.55 bits per heavy atom. The van der Waals surface area contributed by atoms with Gasteiger partial charge in [-0.05, 0) is 18.2 Å². The molecule has 0 saturated heterocycles. The molecule has 0 aliphatic rings. The van der Waals surface area contributed by atoms with Gasteiger partial charge >= 0.3 is 5.97 Å². The van der Waals surface area contributed by atoms with Gasteiger partial charge in [0.15, 0.2) is 11.5 Å². The molecule has 0 radical (unpaired) electrons. The quantitative estimate of drug-likeness (QED) is 0.410. The molecule has 0 heterocycles. The minimum absolute atomic E-state index is 0.0516. The third-order valence-electron chi connectivity index (χ3n) is 3.94. The molecule has 0 aliphatic heterocycles. The van der Waals surface area contributed by atoms with Crippen LogP contribution >= 0.6 is 0 Å². The van der Waals surface area contributed by atoms with E-state index in [1.807, 2.05) is 0 Å². The van der Waals surface area contributed by atoms with Crippen LogP contribution in [0.1, 0.15) is 5.56 Å². The zero-order valence-electron chi connectivity index (χ0n) is 17.4. The van der Waals surface area contributed by atoms with Crippen LogP contribution in [0.25, 0.3) is 6.08 Å². The second kappa shape index (κ2) is 10.5. The molecule has 0 amide bonds. The van der Waals surface area contributed by atoms with Crippen LogP contribution < -0.4 is 28.4 Å². The van der Waals surface area contributed by atoms with Crippen molar-refractivity contribution in [1.29, 1.82) is 0 Å². The summed E-state index contributed by atoms with van der Waals surface area (Å²) in [7, 11) is 1.74. The van der Waals surface area contributed by atoms with Crippen LogP contribution in [0.5, 0.6) is 28.7 Å². The van der Waals surface area contributed by atoms with Gasteiger partial charge < -0.3 is 28.8 Å². The monoisotopic (exact) mass is 453 g/mol. The Labute approximate surface area is 180 Å². The molecule has 0 aliphatic carbocycles. The number of sulfonamides is 1. The number of hydrogen-bond acceptors (Lipinski definition) is 9. The number of carbonyl (C=O) groups is 1. The molecule has 10 nitrogen and oxygen atoms in total. The number of rotatable bonds is 10. The molecule has 2 rings (SSSR count). The molecule has 0 bridgehead atoms. The summed E-state index contributed by atoms with van der Waals surface area (Å²) < 4.78 is 53.2. The summed E-state index contributed by atoms with van der Waals surface area (Å²) in [6.45, 7) is -0.840. The molecule has 31 heavy (non-hydrogen) atoms. The smallest absolute Gasteiger partial charge is 0.337 e. The van der Waals surface area contributed by atoms with Crippen molar-refractivity contribution in [3.05, 3.63) is 41.3 Å². The number of methoxy groups -OCH3 is 4. The van der Waals surface area contributed by atoms with Crippen LogP contribution in [-0.4, -0.2) is 54.5 Å². The maximum atomic E-state index is 12.6. The van der Waals surface area contributed by atoms with E-state index < -0.39 is 22.6 Å². The second-order valence-electron chi connectivity index (χ2n) is 5.89. The van der Waals surface area contributed by atoms with Gasteiger partial charge in [-0.1, -0.05) is 0 Å². The van der Waals surface area contributed by atoms with Crippen LogP contribution in [0.4, 0.5) is 5.69 Å². The standard InChI is InChI=1S/C20H23NO9S/c1-26-14-10-17(28-3)15(18(11-14)29-4)7-8-31(24,25)21-13-5-6-16(27-2)19(9-13)30-20(23)12-22/h5-11,21-22H,12H2,1-4H3. The first-order valence-corrected chi connectivity index (χ1v) is 10.3. The highest BCUT2D eigenvalue weighted by Gasteiger charge is 2.15. The predicted octanol–water partition coefficient (Wildman–Crippen LogP) is 2.03. The fourth-order valence-corrected chi connectivity index (χ4v) is 3.37. The van der Waals surface area contributed by atoms with Crippen LogP contribution in [0, 0.1) is 0 Å². The largest absolute Gasteiger partial charge is 0.496 e. The number of hydrogen-bond donors (Lipinski definition) is 2. The maximum absolute atomic E-state index is 12.6. The fourth-order valence-electron chi connectivity index (χ4n) is 2.53. The minimum atomic E-state index is -3.97. The van der Waals surface area contributed by atoms with Crippen molar-refractivity contribution in [1.82, 2.24) is 0 Å². The van der Waals surface area contributed by atoms with Gasteiger partial charge in [-0.3, -0.25) is 4.72 Å². The van der Waals surface area contributed by atoms with Gasteiger partial charge in [-0.15, -0.1) is 0 Å². The second-order valence-corrected chi connectivity index (χ2v) is 7.46. The van der Waals surface area contributed by atoms with Crippen LogP contribution in [0.15, 0.2) is 35.7 Å². The molecule has 0 atom stereocenters. The van der Waals surface area contributed by atoms with Crippen LogP contribution in [0.2, 0.25) is 0 Å². The van der Waals surface area contributed by atoms with E-state index >= 15 is 0 Å². The third kappa shape index (κ3) is 6.27. The zero-order valence-corrected chi connectivity index (χ0v) is 18.2. The summed E-state index contributed by atoms with van der Waals surface area (Å²) >= 11 is 0. The number of benzene rings is 2. The molecular formula is C20H23NO9S. The fraction of sp³-hybridized carbons (Fsp3) is 0.250. The molecule has 0 fully saturated rings. The Morgan fingerprint density at radius 3 is 2.06 bits per heavy atom. The normalized spacial score (nSPS) is 11.1. The van der Waals surface area contributed by atoms with Crippen molar-refractivity contribution in [2.75, 3.05) is 39.8 Å². The van der Waals surface area contributed by atoms with Crippen molar-refractivity contribution in [3.8, 4) is 28.7 Å². The average Bonchev–Trinajstić information content (AvgIpc) is 2.76. The Bertz CT molecular complexity index is 1040. The highest BCUT2D eigenvalue weighted by Crippen LogP contribution is 2.35. The first kappa shape index (κ1) is 23.8. The number of aliphatic hydroxyl groups is 1. The van der Waals surface area contributed by atoms with Crippen molar-refractivity contribution < 1.29 is 42.0 Å². The molecule has 0 aromatic heterocycles. The van der Waals surface area contributed by atoms with Gasteiger partial charge in [0.2, 0.25) is 0 Å². The molecule has 11 heteroatoms. The molecule has 0 spiro atoms. The SMILES string of the molecule is COc1cc(OC)c(C=CS(=O)(=O)Nc2ccc(OC)c(OC(=O)CO)c2)c(OC)c1. The minimum Gasteiger partial charge on any atom is -0.496 e. The molecule has 0 unspecified atom stereocenters. The highest BCUT2D eigenvalue weighted by molar-refractivity contribution is 7.95. The predicted molar refractivity (Wildman–Crippen MR) is 113 cm³/mol. The molecular weight excluding hydrogens is 430 g/mol. The van der Waals surface area contributed by atoms with E-state index in [4.69, 9.17) is 28.8 Å². The van der Waals surface area contributed by atoms with Gasteiger partial charge in [0.05, 0.1) is 45.1 Å². The van der Waals surface area contributed by atoms with E-state index in [0.717, 1.165) is 5.41 Å². The third-order valence-corrected chi connectivity index (χ3v) is 4.96. The summed E-state index contributed by atoms with van der Waals surface area (Å²) in [4.78, 5) is 11.4. The Balaban J connectivity index is 2.33. The first-order valence-electron chi connectivity index (χ1n) is 8.77. The topological polar surface area (TPSA) is 130 Å². The van der Waals surface area contributed by atoms with E-state index in [9.17, 15) is 13.2 Å². The summed E-state index contributed by atoms with van der Waals surface area (Å²) in [6, 6.07) is 7.28. The van der Waals surface area contributed by atoms with Crippen molar-refractivity contribution in [2.24, 2.45) is 0 Å².